The van der Waals surface area contributed by atoms with Gasteiger partial charge in [-0.3, -0.25) is 0 Å². The molecule has 0 aromatic carbocycles. The third-order valence-corrected chi connectivity index (χ3v) is 3.41. The van der Waals surface area contributed by atoms with Crippen LogP contribution in [0.25, 0.3) is 0 Å². The van der Waals surface area contributed by atoms with Crippen LogP contribution in [-0.2, 0) is 11.3 Å². The third kappa shape index (κ3) is 5.99. The Morgan fingerprint density at radius 3 is 2.94 bits per heavy atom. The van der Waals surface area contributed by atoms with Gasteiger partial charge < -0.3 is 10.1 Å². The molecule has 1 rings (SSSR count). The van der Waals surface area contributed by atoms with Crippen molar-refractivity contribution in [3.8, 4) is 0 Å². The van der Waals surface area contributed by atoms with E-state index in [1.54, 1.807) is 18.9 Å². The summed E-state index contributed by atoms with van der Waals surface area (Å²) in [6.45, 7) is 7.60. The Bertz CT molecular complexity index is 305. The van der Waals surface area contributed by atoms with Gasteiger partial charge in [0.25, 0.3) is 0 Å². The van der Waals surface area contributed by atoms with Crippen molar-refractivity contribution < 1.29 is 4.74 Å². The van der Waals surface area contributed by atoms with Crippen LogP contribution < -0.4 is 5.32 Å². The molecule has 0 aliphatic rings. The highest BCUT2D eigenvalue weighted by atomic mass is 32.2. The van der Waals surface area contributed by atoms with Gasteiger partial charge in [-0.25, -0.2) is 4.68 Å². The first kappa shape index (κ1) is 14.4. The van der Waals surface area contributed by atoms with Crippen molar-refractivity contribution >= 4 is 11.8 Å². The van der Waals surface area contributed by atoms with Gasteiger partial charge in [-0.2, -0.15) is 0 Å². The summed E-state index contributed by atoms with van der Waals surface area (Å²) in [5.74, 6) is 1.68. The summed E-state index contributed by atoms with van der Waals surface area (Å²) in [7, 11) is 1.70. The van der Waals surface area contributed by atoms with E-state index in [-0.39, 0.29) is 0 Å². The smallest absolute Gasteiger partial charge is 0.209 e. The minimum atomic E-state index is 0.643. The Morgan fingerprint density at radius 2 is 2.24 bits per heavy atom. The maximum Gasteiger partial charge on any atom is 0.209 e. The van der Waals surface area contributed by atoms with Crippen molar-refractivity contribution in [1.82, 2.24) is 25.5 Å². The van der Waals surface area contributed by atoms with E-state index >= 15 is 0 Å². The van der Waals surface area contributed by atoms with Crippen molar-refractivity contribution in [3.05, 3.63) is 0 Å². The molecule has 0 radical (unpaired) electrons. The van der Waals surface area contributed by atoms with Gasteiger partial charge >= 0.3 is 0 Å². The summed E-state index contributed by atoms with van der Waals surface area (Å²) in [5, 5.41) is 15.9. The van der Waals surface area contributed by atoms with Crippen LogP contribution in [0.1, 0.15) is 13.8 Å². The van der Waals surface area contributed by atoms with Gasteiger partial charge in [-0.1, -0.05) is 25.6 Å². The minimum absolute atomic E-state index is 0.643. The number of methoxy groups -OCH3 is 1. The van der Waals surface area contributed by atoms with Gasteiger partial charge in [-0.05, 0) is 16.3 Å². The third-order valence-electron chi connectivity index (χ3n) is 2.03. The topological polar surface area (TPSA) is 64.9 Å². The molecular weight excluding hydrogens is 238 g/mol. The summed E-state index contributed by atoms with van der Waals surface area (Å²) in [5.41, 5.74) is 0. The predicted molar refractivity (Wildman–Crippen MR) is 68.1 cm³/mol. The van der Waals surface area contributed by atoms with Gasteiger partial charge in [0.15, 0.2) is 0 Å². The maximum absolute atomic E-state index is 4.95. The van der Waals surface area contributed by atoms with Gasteiger partial charge in [0.1, 0.15) is 0 Å². The van der Waals surface area contributed by atoms with E-state index in [1.165, 1.54) is 0 Å². The number of tetrazole rings is 1. The molecule has 6 nitrogen and oxygen atoms in total. The lowest BCUT2D eigenvalue weighted by molar-refractivity contribution is 0.199. The summed E-state index contributed by atoms with van der Waals surface area (Å²) in [4.78, 5) is 0. The van der Waals surface area contributed by atoms with E-state index in [9.17, 15) is 0 Å². The van der Waals surface area contributed by atoms with E-state index in [2.05, 4.69) is 34.7 Å². The molecule has 0 bridgehead atoms. The molecule has 98 valence electrons. The van der Waals surface area contributed by atoms with Crippen LogP contribution in [0, 0.1) is 5.92 Å². The SMILES string of the molecule is COCCNCCn1nnnc1SCC(C)C. The monoisotopic (exact) mass is 259 g/mol. The lowest BCUT2D eigenvalue weighted by Crippen LogP contribution is -2.24. The van der Waals surface area contributed by atoms with Gasteiger partial charge in [-0.15, -0.1) is 5.10 Å². The second-order valence-electron chi connectivity index (χ2n) is 4.13. The molecule has 0 spiro atoms. The molecule has 7 heteroatoms. The average molecular weight is 259 g/mol. The molecule has 0 aliphatic carbocycles. The number of aromatic nitrogens is 4. The number of rotatable bonds is 9. The van der Waals surface area contributed by atoms with E-state index < -0.39 is 0 Å². The standard InChI is InChI=1S/C10H21N5OS/c1-9(2)8-17-10-12-13-14-15(10)6-4-11-5-7-16-3/h9,11H,4-8H2,1-3H3. The first-order valence-corrected chi connectivity index (χ1v) is 6.81. The van der Waals surface area contributed by atoms with Crippen LogP contribution in [0.5, 0.6) is 0 Å². The predicted octanol–water partition coefficient (Wildman–Crippen LogP) is 0.657. The van der Waals surface area contributed by atoms with Crippen LogP contribution >= 0.6 is 11.8 Å². The molecule has 0 unspecified atom stereocenters. The number of thioether (sulfide) groups is 1. The molecule has 0 fully saturated rings. The largest absolute Gasteiger partial charge is 0.383 e. The highest BCUT2D eigenvalue weighted by Gasteiger charge is 2.07. The van der Waals surface area contributed by atoms with Gasteiger partial charge in [0.05, 0.1) is 13.2 Å². The Hall–Kier alpha value is -0.660. The van der Waals surface area contributed by atoms with Crippen LogP contribution in [0.15, 0.2) is 5.16 Å². The van der Waals surface area contributed by atoms with Crippen LogP contribution in [-0.4, -0.2) is 52.8 Å². The number of hydrogen-bond acceptors (Lipinski definition) is 6. The average Bonchev–Trinajstić information content (AvgIpc) is 2.73. The number of nitrogens with one attached hydrogen (secondary N) is 1. The Kier molecular flexibility index (Phi) is 7.14. The molecule has 0 saturated heterocycles. The summed E-state index contributed by atoms with van der Waals surface area (Å²) < 4.78 is 6.79. The zero-order valence-electron chi connectivity index (χ0n) is 10.7. The lowest BCUT2D eigenvalue weighted by atomic mass is 10.3. The summed E-state index contributed by atoms with van der Waals surface area (Å²) in [6.07, 6.45) is 0. The van der Waals surface area contributed by atoms with Crippen molar-refractivity contribution in [2.45, 2.75) is 25.5 Å². The van der Waals surface area contributed by atoms with Crippen molar-refractivity contribution in [2.75, 3.05) is 32.6 Å². The molecule has 0 aliphatic heterocycles. The number of hydrogen-bond donors (Lipinski definition) is 1. The second-order valence-corrected chi connectivity index (χ2v) is 5.12. The molecule has 1 aromatic heterocycles. The first-order chi connectivity index (χ1) is 8.24. The zero-order chi connectivity index (χ0) is 12.5. The minimum Gasteiger partial charge on any atom is -0.383 e. The van der Waals surface area contributed by atoms with Crippen molar-refractivity contribution in [3.63, 3.8) is 0 Å². The zero-order valence-corrected chi connectivity index (χ0v) is 11.5. The Morgan fingerprint density at radius 1 is 1.41 bits per heavy atom. The molecule has 1 heterocycles. The van der Waals surface area contributed by atoms with Crippen LogP contribution in [0.2, 0.25) is 0 Å². The van der Waals surface area contributed by atoms with Crippen LogP contribution in [0.3, 0.4) is 0 Å². The molecule has 0 amide bonds. The Labute approximate surface area is 106 Å². The molecule has 17 heavy (non-hydrogen) atoms. The van der Waals surface area contributed by atoms with E-state index in [0.29, 0.717) is 5.92 Å². The first-order valence-electron chi connectivity index (χ1n) is 5.82. The summed E-state index contributed by atoms with van der Waals surface area (Å²) >= 11 is 1.70. The van der Waals surface area contributed by atoms with E-state index in [4.69, 9.17) is 4.74 Å². The molecule has 1 N–H and O–H groups in total. The van der Waals surface area contributed by atoms with Gasteiger partial charge in [0, 0.05) is 26.0 Å². The highest BCUT2D eigenvalue weighted by Crippen LogP contribution is 2.16. The maximum atomic E-state index is 4.95. The number of nitrogens with zero attached hydrogens (tertiary/aromatic N) is 4. The lowest BCUT2D eigenvalue weighted by Gasteiger charge is -2.06. The van der Waals surface area contributed by atoms with Gasteiger partial charge in [0.2, 0.25) is 5.16 Å². The van der Waals surface area contributed by atoms with E-state index in [1.807, 2.05) is 4.68 Å². The fraction of sp³-hybridized carbons (Fsp3) is 0.900. The van der Waals surface area contributed by atoms with Crippen LogP contribution in [0.4, 0.5) is 0 Å². The summed E-state index contributed by atoms with van der Waals surface area (Å²) in [6, 6.07) is 0. The highest BCUT2D eigenvalue weighted by molar-refractivity contribution is 7.99. The molecule has 0 atom stereocenters. The fourth-order valence-corrected chi connectivity index (χ4v) is 2.02. The normalized spacial score (nSPS) is 11.3. The van der Waals surface area contributed by atoms with Crippen molar-refractivity contribution in [1.29, 1.82) is 0 Å². The number of ether oxygens (including phenoxy) is 1. The molecule has 1 aromatic rings. The Balaban J connectivity index is 2.25. The molecule has 0 saturated carbocycles. The quantitative estimate of drug-likeness (QED) is 0.519. The second kappa shape index (κ2) is 8.43. The molecular formula is C10H21N5OS. The van der Waals surface area contributed by atoms with E-state index in [0.717, 1.165) is 37.2 Å². The fourth-order valence-electron chi connectivity index (χ4n) is 1.17. The van der Waals surface area contributed by atoms with Crippen molar-refractivity contribution in [2.24, 2.45) is 5.92 Å².